The van der Waals surface area contributed by atoms with E-state index in [0.717, 1.165) is 0 Å². The average Bonchev–Trinajstić information content (AvgIpc) is 2.82. The highest BCUT2D eigenvalue weighted by Crippen LogP contribution is 2.24. The van der Waals surface area contributed by atoms with E-state index in [1.54, 1.807) is 0 Å². The number of hydrogen-bond donors (Lipinski definition) is 3. The first-order chi connectivity index (χ1) is 9.83. The molecule has 0 saturated heterocycles. The minimum absolute atomic E-state index is 0.0627. The number of nitrogens with one attached hydrogen (secondary N) is 2. The molecule has 21 heavy (non-hydrogen) atoms. The molecule has 1 aromatic carbocycles. The van der Waals surface area contributed by atoms with Crippen LogP contribution in [-0.2, 0) is 16.6 Å². The summed E-state index contributed by atoms with van der Waals surface area (Å²) >= 11 is 0. The molecule has 0 radical (unpaired) electrons. The average molecular weight is 311 g/mol. The molecule has 2 aromatic rings. The normalized spacial score (nSPS) is 11.5. The van der Waals surface area contributed by atoms with E-state index in [1.807, 2.05) is 0 Å². The van der Waals surface area contributed by atoms with Crippen molar-refractivity contribution in [3.05, 3.63) is 45.6 Å². The maximum atomic E-state index is 12.2. The zero-order chi connectivity index (χ0) is 15.6. The third-order valence-corrected chi connectivity index (χ3v) is 4.49. The molecule has 0 spiro atoms. The molecule has 0 bridgehead atoms. The zero-order valence-corrected chi connectivity index (χ0v) is 11.8. The van der Waals surface area contributed by atoms with Gasteiger partial charge in [-0.05, 0) is 13.0 Å². The number of aromatic nitrogens is 2. The second-order valence-electron chi connectivity index (χ2n) is 4.29. The highest BCUT2D eigenvalue weighted by atomic mass is 32.2. The molecule has 0 aliphatic rings. The first-order valence-corrected chi connectivity index (χ1v) is 7.32. The summed E-state index contributed by atoms with van der Waals surface area (Å²) in [5.41, 5.74) is 5.88. The van der Waals surface area contributed by atoms with Crippen molar-refractivity contribution in [3.63, 3.8) is 0 Å². The van der Waals surface area contributed by atoms with Crippen molar-refractivity contribution in [3.8, 4) is 0 Å². The van der Waals surface area contributed by atoms with Crippen LogP contribution in [0.15, 0.2) is 29.3 Å². The van der Waals surface area contributed by atoms with Crippen molar-refractivity contribution < 1.29 is 13.3 Å². The quantitative estimate of drug-likeness (QED) is 0.547. The summed E-state index contributed by atoms with van der Waals surface area (Å²) in [5, 5.41) is 17.0. The van der Waals surface area contributed by atoms with E-state index >= 15 is 0 Å². The van der Waals surface area contributed by atoms with Crippen molar-refractivity contribution in [2.75, 3.05) is 5.73 Å². The van der Waals surface area contributed by atoms with E-state index in [0.29, 0.717) is 5.56 Å². The number of nitrogens with two attached hydrogens (primary N) is 1. The van der Waals surface area contributed by atoms with Crippen LogP contribution in [0, 0.1) is 17.0 Å². The molecule has 112 valence electrons. The fourth-order valence-electron chi connectivity index (χ4n) is 1.80. The van der Waals surface area contributed by atoms with E-state index in [-0.39, 0.29) is 28.5 Å². The third kappa shape index (κ3) is 3.01. The molecule has 10 heteroatoms. The number of rotatable bonds is 5. The zero-order valence-electron chi connectivity index (χ0n) is 11.0. The first kappa shape index (κ1) is 14.9. The molecule has 1 aromatic heterocycles. The Hall–Kier alpha value is -2.46. The number of aromatic amines is 1. The molecule has 2 rings (SSSR count). The Labute approximate surface area is 120 Å². The summed E-state index contributed by atoms with van der Waals surface area (Å²) in [6.45, 7) is 1.33. The smallest absolute Gasteiger partial charge is 0.273 e. The van der Waals surface area contributed by atoms with Gasteiger partial charge in [0.25, 0.3) is 5.69 Å². The Kier molecular flexibility index (Phi) is 3.91. The number of hydrogen-bond acceptors (Lipinski definition) is 6. The van der Waals surface area contributed by atoms with Crippen LogP contribution in [0.3, 0.4) is 0 Å². The van der Waals surface area contributed by atoms with Crippen molar-refractivity contribution in [1.29, 1.82) is 0 Å². The van der Waals surface area contributed by atoms with Gasteiger partial charge >= 0.3 is 0 Å². The summed E-state index contributed by atoms with van der Waals surface area (Å²) < 4.78 is 26.8. The Morgan fingerprint density at radius 3 is 2.76 bits per heavy atom. The van der Waals surface area contributed by atoms with E-state index in [1.165, 1.54) is 31.3 Å². The number of H-pyrrole nitrogens is 1. The largest absolute Gasteiger partial charge is 0.384 e. The van der Waals surface area contributed by atoms with Crippen LogP contribution < -0.4 is 10.5 Å². The summed E-state index contributed by atoms with van der Waals surface area (Å²) in [6.07, 6.45) is 1.40. The van der Waals surface area contributed by atoms with Crippen LogP contribution in [0.1, 0.15) is 11.1 Å². The Morgan fingerprint density at radius 1 is 1.48 bits per heavy atom. The van der Waals surface area contributed by atoms with Crippen molar-refractivity contribution in [2.24, 2.45) is 0 Å². The number of sulfonamides is 1. The molecule has 0 unspecified atom stereocenters. The van der Waals surface area contributed by atoms with Gasteiger partial charge in [0.15, 0.2) is 0 Å². The molecular formula is C11H13N5O4S. The van der Waals surface area contributed by atoms with E-state index in [2.05, 4.69) is 14.9 Å². The van der Waals surface area contributed by atoms with Gasteiger partial charge in [-0.1, -0.05) is 6.07 Å². The molecule has 0 aliphatic carbocycles. The molecule has 1 heterocycles. The molecule has 0 atom stereocenters. The van der Waals surface area contributed by atoms with Crippen molar-refractivity contribution in [2.45, 2.75) is 18.4 Å². The lowest BCUT2D eigenvalue weighted by Gasteiger charge is -2.09. The maximum Gasteiger partial charge on any atom is 0.273 e. The van der Waals surface area contributed by atoms with E-state index in [4.69, 9.17) is 5.73 Å². The van der Waals surface area contributed by atoms with Crippen LogP contribution in [0.2, 0.25) is 0 Å². The number of nitrogens with zero attached hydrogens (tertiary/aromatic N) is 2. The van der Waals surface area contributed by atoms with Gasteiger partial charge in [-0.2, -0.15) is 5.10 Å². The van der Waals surface area contributed by atoms with Gasteiger partial charge in [-0.25, -0.2) is 13.1 Å². The summed E-state index contributed by atoms with van der Waals surface area (Å²) in [4.78, 5) is 10.1. The predicted octanol–water partition coefficient (Wildman–Crippen LogP) is 0.687. The fraction of sp³-hybridized carbons (Fsp3) is 0.182. The molecule has 4 N–H and O–H groups in total. The number of nitro groups is 1. The van der Waals surface area contributed by atoms with Crippen LogP contribution in [0.4, 0.5) is 11.5 Å². The lowest BCUT2D eigenvalue weighted by molar-refractivity contribution is -0.385. The number of nitro benzene ring substituents is 1. The SMILES string of the molecule is Cc1c([N+](=O)[O-])cccc1S(=O)(=O)NCc1cn[nH]c1N. The minimum atomic E-state index is -3.89. The number of nitrogen functional groups attached to an aromatic ring is 1. The number of anilines is 1. The van der Waals surface area contributed by atoms with Crippen LogP contribution in [0.25, 0.3) is 0 Å². The Bertz CT molecular complexity index is 784. The molecule has 9 nitrogen and oxygen atoms in total. The molecule has 0 saturated carbocycles. The van der Waals surface area contributed by atoms with Crippen LogP contribution >= 0.6 is 0 Å². The summed E-state index contributed by atoms with van der Waals surface area (Å²) in [5.74, 6) is 0.258. The highest BCUT2D eigenvalue weighted by Gasteiger charge is 2.22. The van der Waals surface area contributed by atoms with Gasteiger partial charge in [0.1, 0.15) is 5.82 Å². The van der Waals surface area contributed by atoms with Gasteiger partial charge in [0.05, 0.1) is 16.0 Å². The van der Waals surface area contributed by atoms with Gasteiger partial charge in [0.2, 0.25) is 10.0 Å². The fourth-order valence-corrected chi connectivity index (χ4v) is 3.07. The lowest BCUT2D eigenvalue weighted by Crippen LogP contribution is -2.24. The topological polar surface area (TPSA) is 144 Å². The van der Waals surface area contributed by atoms with Gasteiger partial charge in [-0.15, -0.1) is 0 Å². The number of benzene rings is 1. The second-order valence-corrected chi connectivity index (χ2v) is 6.03. The minimum Gasteiger partial charge on any atom is -0.384 e. The van der Waals surface area contributed by atoms with Crippen LogP contribution in [0.5, 0.6) is 0 Å². The monoisotopic (exact) mass is 311 g/mol. The standard InChI is InChI=1S/C11H13N5O4S/c1-7-9(16(17)18)3-2-4-10(7)21(19,20)14-6-8-5-13-15-11(8)12/h2-5,14H,6H2,1H3,(H3,12,13,15). The van der Waals surface area contributed by atoms with Gasteiger partial charge in [-0.3, -0.25) is 15.2 Å². The van der Waals surface area contributed by atoms with Gasteiger partial charge in [0, 0.05) is 23.7 Å². The molecule has 0 amide bonds. The second kappa shape index (κ2) is 5.50. The molecule has 0 aliphatic heterocycles. The van der Waals surface area contributed by atoms with E-state index < -0.39 is 14.9 Å². The van der Waals surface area contributed by atoms with Crippen molar-refractivity contribution in [1.82, 2.24) is 14.9 Å². The third-order valence-electron chi connectivity index (χ3n) is 2.95. The van der Waals surface area contributed by atoms with Crippen molar-refractivity contribution >= 4 is 21.5 Å². The Morgan fingerprint density at radius 2 is 2.19 bits per heavy atom. The molecular weight excluding hydrogens is 298 g/mol. The first-order valence-electron chi connectivity index (χ1n) is 5.84. The Balaban J connectivity index is 2.30. The predicted molar refractivity (Wildman–Crippen MR) is 74.9 cm³/mol. The maximum absolute atomic E-state index is 12.2. The molecule has 0 fully saturated rings. The summed E-state index contributed by atoms with van der Waals surface area (Å²) in [6, 6.07) is 3.89. The van der Waals surface area contributed by atoms with Crippen LogP contribution in [-0.4, -0.2) is 23.5 Å². The van der Waals surface area contributed by atoms with Gasteiger partial charge < -0.3 is 5.73 Å². The highest BCUT2D eigenvalue weighted by molar-refractivity contribution is 7.89. The van der Waals surface area contributed by atoms with E-state index in [9.17, 15) is 18.5 Å². The lowest BCUT2D eigenvalue weighted by atomic mass is 10.2. The summed E-state index contributed by atoms with van der Waals surface area (Å²) in [7, 11) is -3.89.